The van der Waals surface area contributed by atoms with Gasteiger partial charge in [0.15, 0.2) is 0 Å². The van der Waals surface area contributed by atoms with Gasteiger partial charge in [0.25, 0.3) is 0 Å². The maximum absolute atomic E-state index is 13.4. The maximum atomic E-state index is 13.4. The molecule has 0 spiro atoms. The van der Waals surface area contributed by atoms with Crippen molar-refractivity contribution in [2.24, 2.45) is 0 Å². The quantitative estimate of drug-likeness (QED) is 0.529. The van der Waals surface area contributed by atoms with Crippen molar-refractivity contribution >= 4 is 27.5 Å². The van der Waals surface area contributed by atoms with Crippen LogP contribution in [0.5, 0.6) is 0 Å². The number of benzene rings is 2. The van der Waals surface area contributed by atoms with E-state index >= 15 is 0 Å². The van der Waals surface area contributed by atoms with E-state index in [1.807, 2.05) is 39.8 Å². The molecule has 2 aromatic carbocycles. The van der Waals surface area contributed by atoms with Crippen LogP contribution in [0.25, 0.3) is 0 Å². The van der Waals surface area contributed by atoms with Crippen LogP contribution in [0.2, 0.25) is 0 Å². The molecular formula is C26H36FN3O4S. The number of anilines is 1. The second kappa shape index (κ2) is 11.7. The highest BCUT2D eigenvalue weighted by molar-refractivity contribution is 7.92. The summed E-state index contributed by atoms with van der Waals surface area (Å²) in [6, 6.07) is 12.2. The summed E-state index contributed by atoms with van der Waals surface area (Å²) in [6.07, 6.45) is 1.46. The van der Waals surface area contributed by atoms with Crippen LogP contribution in [0, 0.1) is 12.7 Å². The third-order valence-electron chi connectivity index (χ3n) is 5.47. The number of hydrogen-bond donors (Lipinski definition) is 1. The topological polar surface area (TPSA) is 86.8 Å². The van der Waals surface area contributed by atoms with E-state index in [-0.39, 0.29) is 43.6 Å². The molecule has 0 saturated carbocycles. The van der Waals surface area contributed by atoms with Gasteiger partial charge >= 0.3 is 0 Å². The molecule has 0 radical (unpaired) electrons. The van der Waals surface area contributed by atoms with E-state index in [2.05, 4.69) is 5.32 Å². The first kappa shape index (κ1) is 28.3. The monoisotopic (exact) mass is 505 g/mol. The summed E-state index contributed by atoms with van der Waals surface area (Å²) < 4.78 is 39.5. The highest BCUT2D eigenvalue weighted by Crippen LogP contribution is 2.23. The maximum Gasteiger partial charge on any atom is 0.242 e. The van der Waals surface area contributed by atoms with Crippen molar-refractivity contribution in [3.05, 3.63) is 65.5 Å². The molecule has 1 atom stereocenters. The third kappa shape index (κ3) is 8.65. The van der Waals surface area contributed by atoms with Gasteiger partial charge in [0.05, 0.1) is 11.9 Å². The first-order valence-electron chi connectivity index (χ1n) is 11.6. The SMILES string of the molecule is Cc1ccccc1N(CCCC(=O)N(Cc1ccc(F)cc1)C(C)C(=O)NC(C)(C)C)S(C)(=O)=O. The van der Waals surface area contributed by atoms with Crippen LogP contribution in [-0.4, -0.2) is 49.5 Å². The number of nitrogens with one attached hydrogen (secondary N) is 1. The minimum atomic E-state index is -3.55. The van der Waals surface area contributed by atoms with Crippen LogP contribution in [0.1, 0.15) is 51.7 Å². The summed E-state index contributed by atoms with van der Waals surface area (Å²) in [7, 11) is -3.55. The number of para-hydroxylation sites is 1. The van der Waals surface area contributed by atoms with E-state index in [1.165, 1.54) is 21.3 Å². The summed E-state index contributed by atoms with van der Waals surface area (Å²) in [4.78, 5) is 27.5. The number of carbonyl (C=O) groups is 2. The molecule has 2 amide bonds. The summed E-state index contributed by atoms with van der Waals surface area (Å²) in [5, 5.41) is 2.89. The van der Waals surface area contributed by atoms with Gasteiger partial charge in [0.1, 0.15) is 11.9 Å². The van der Waals surface area contributed by atoms with Crippen LogP contribution < -0.4 is 9.62 Å². The molecule has 0 aromatic heterocycles. The van der Waals surface area contributed by atoms with E-state index in [9.17, 15) is 22.4 Å². The summed E-state index contributed by atoms with van der Waals surface area (Å²) in [6.45, 7) is 9.31. The minimum Gasteiger partial charge on any atom is -0.350 e. The van der Waals surface area contributed by atoms with Gasteiger partial charge in [0.2, 0.25) is 21.8 Å². The Morgan fingerprint density at radius 3 is 2.20 bits per heavy atom. The second-order valence-electron chi connectivity index (χ2n) is 9.79. The lowest BCUT2D eigenvalue weighted by atomic mass is 10.1. The number of halogens is 1. The Bertz CT molecular complexity index is 1130. The summed E-state index contributed by atoms with van der Waals surface area (Å²) >= 11 is 0. The highest BCUT2D eigenvalue weighted by atomic mass is 32.2. The average Bonchev–Trinajstić information content (AvgIpc) is 2.74. The Balaban J connectivity index is 2.19. The molecule has 2 rings (SSSR count). The predicted octanol–water partition coefficient (Wildman–Crippen LogP) is 4.01. The predicted molar refractivity (Wildman–Crippen MR) is 137 cm³/mol. The third-order valence-corrected chi connectivity index (χ3v) is 6.65. The van der Waals surface area contributed by atoms with E-state index in [0.29, 0.717) is 11.3 Å². The van der Waals surface area contributed by atoms with Crippen LogP contribution in [0.3, 0.4) is 0 Å². The molecule has 0 bridgehead atoms. The zero-order chi connectivity index (χ0) is 26.4. The Morgan fingerprint density at radius 2 is 1.66 bits per heavy atom. The number of sulfonamides is 1. The number of carbonyl (C=O) groups excluding carboxylic acids is 2. The van der Waals surface area contributed by atoms with Gasteiger partial charge in [-0.25, -0.2) is 12.8 Å². The van der Waals surface area contributed by atoms with Crippen LogP contribution in [0.15, 0.2) is 48.5 Å². The molecule has 35 heavy (non-hydrogen) atoms. The number of rotatable bonds is 10. The molecule has 0 aliphatic carbocycles. The van der Waals surface area contributed by atoms with Gasteiger partial charge in [0, 0.05) is 25.0 Å². The zero-order valence-electron chi connectivity index (χ0n) is 21.3. The Kier molecular flexibility index (Phi) is 9.43. The minimum absolute atomic E-state index is 0.0479. The fourth-order valence-electron chi connectivity index (χ4n) is 3.67. The molecule has 192 valence electrons. The lowest BCUT2D eigenvalue weighted by Crippen LogP contribution is -2.52. The Labute approximate surface area is 208 Å². The van der Waals surface area contributed by atoms with Gasteiger partial charge in [-0.1, -0.05) is 30.3 Å². The number of nitrogens with zero attached hydrogens (tertiary/aromatic N) is 2. The van der Waals surface area contributed by atoms with Crippen molar-refractivity contribution in [3.63, 3.8) is 0 Å². The van der Waals surface area contributed by atoms with Gasteiger partial charge in [-0.3, -0.25) is 13.9 Å². The van der Waals surface area contributed by atoms with Crippen LogP contribution in [-0.2, 0) is 26.2 Å². The fourth-order valence-corrected chi connectivity index (χ4v) is 4.69. The first-order valence-corrected chi connectivity index (χ1v) is 13.4. The van der Waals surface area contributed by atoms with Crippen molar-refractivity contribution < 1.29 is 22.4 Å². The molecule has 2 aromatic rings. The molecule has 0 heterocycles. The Morgan fingerprint density at radius 1 is 1.06 bits per heavy atom. The number of amides is 2. The second-order valence-corrected chi connectivity index (χ2v) is 11.7. The van der Waals surface area contributed by atoms with E-state index < -0.39 is 21.6 Å². The smallest absolute Gasteiger partial charge is 0.242 e. The molecule has 1 N–H and O–H groups in total. The van der Waals surface area contributed by atoms with Crippen molar-refractivity contribution in [1.82, 2.24) is 10.2 Å². The Hall–Kier alpha value is -2.94. The van der Waals surface area contributed by atoms with Crippen molar-refractivity contribution in [2.75, 3.05) is 17.1 Å². The summed E-state index contributed by atoms with van der Waals surface area (Å²) in [5.74, 6) is -0.975. The van der Waals surface area contributed by atoms with E-state index in [4.69, 9.17) is 0 Å². The van der Waals surface area contributed by atoms with Gasteiger partial charge < -0.3 is 10.2 Å². The number of aryl methyl sites for hydroxylation is 1. The zero-order valence-corrected chi connectivity index (χ0v) is 22.2. The normalized spacial score (nSPS) is 12.7. The molecule has 0 aliphatic heterocycles. The van der Waals surface area contributed by atoms with Gasteiger partial charge in [-0.15, -0.1) is 0 Å². The van der Waals surface area contributed by atoms with Crippen LogP contribution in [0.4, 0.5) is 10.1 Å². The number of hydrogen-bond acceptors (Lipinski definition) is 4. The van der Waals surface area contributed by atoms with Crippen molar-refractivity contribution in [3.8, 4) is 0 Å². The van der Waals surface area contributed by atoms with Gasteiger partial charge in [-0.2, -0.15) is 0 Å². The molecule has 9 heteroatoms. The largest absolute Gasteiger partial charge is 0.350 e. The van der Waals surface area contributed by atoms with Crippen LogP contribution >= 0.6 is 0 Å². The van der Waals surface area contributed by atoms with Crippen molar-refractivity contribution in [1.29, 1.82) is 0 Å². The van der Waals surface area contributed by atoms with Crippen molar-refractivity contribution in [2.45, 2.75) is 65.6 Å². The summed E-state index contributed by atoms with van der Waals surface area (Å²) in [5.41, 5.74) is 1.60. The molecule has 0 aliphatic rings. The molecule has 1 unspecified atom stereocenters. The average molecular weight is 506 g/mol. The van der Waals surface area contributed by atoms with E-state index in [1.54, 1.807) is 31.2 Å². The highest BCUT2D eigenvalue weighted by Gasteiger charge is 2.28. The lowest BCUT2D eigenvalue weighted by Gasteiger charge is -2.32. The molecule has 7 nitrogen and oxygen atoms in total. The molecule has 0 fully saturated rings. The molecule has 0 saturated heterocycles. The lowest BCUT2D eigenvalue weighted by molar-refractivity contribution is -0.141. The van der Waals surface area contributed by atoms with Gasteiger partial charge in [-0.05, 0) is 70.4 Å². The standard InChI is InChI=1S/C26H36FN3O4S/c1-19-10-7-8-11-23(19)30(35(6,33)34)17-9-12-24(31)29(18-21-13-15-22(27)16-14-21)20(2)25(32)28-26(3,4)5/h7-8,10-11,13-16,20H,9,12,17-18H2,1-6H3,(H,28,32). The molecular weight excluding hydrogens is 469 g/mol. The first-order chi connectivity index (χ1) is 16.2. The fraction of sp³-hybridized carbons (Fsp3) is 0.462. The van der Waals surface area contributed by atoms with E-state index in [0.717, 1.165) is 11.8 Å².